The minimum atomic E-state index is 0.0544. The van der Waals surface area contributed by atoms with Gasteiger partial charge in [-0.1, -0.05) is 32.0 Å². The van der Waals surface area contributed by atoms with Gasteiger partial charge in [0.1, 0.15) is 0 Å². The molecule has 20 heavy (non-hydrogen) atoms. The smallest absolute Gasteiger partial charge is 0.251 e. The number of carbonyl (C=O) groups excluding carboxylic acids is 1. The highest BCUT2D eigenvalue weighted by Crippen LogP contribution is 2.35. The first-order valence-electron chi connectivity index (χ1n) is 7.61. The van der Waals surface area contributed by atoms with E-state index in [9.17, 15) is 4.79 Å². The van der Waals surface area contributed by atoms with E-state index < -0.39 is 0 Å². The van der Waals surface area contributed by atoms with Crippen LogP contribution in [0.1, 0.15) is 55.5 Å². The van der Waals surface area contributed by atoms with Gasteiger partial charge < -0.3 is 11.1 Å². The molecular weight excluding hydrogens is 248 g/mol. The molecule has 1 amide bonds. The van der Waals surface area contributed by atoms with Crippen molar-refractivity contribution in [3.63, 3.8) is 0 Å². The van der Waals surface area contributed by atoms with Gasteiger partial charge in [-0.05, 0) is 55.7 Å². The van der Waals surface area contributed by atoms with E-state index >= 15 is 0 Å². The van der Waals surface area contributed by atoms with Crippen LogP contribution < -0.4 is 11.1 Å². The third-order valence-electron chi connectivity index (χ3n) is 4.35. The van der Waals surface area contributed by atoms with Crippen LogP contribution in [-0.4, -0.2) is 18.5 Å². The normalized spacial score (nSPS) is 18.8. The molecule has 1 aliphatic carbocycles. The van der Waals surface area contributed by atoms with Gasteiger partial charge in [-0.2, -0.15) is 0 Å². The van der Waals surface area contributed by atoms with Crippen LogP contribution in [0.15, 0.2) is 24.3 Å². The molecule has 2 rings (SSSR count). The van der Waals surface area contributed by atoms with Gasteiger partial charge >= 0.3 is 0 Å². The SMILES string of the molecule is CC1(C)CCC(NC(=O)c2ccccc2CCN)CC1. The van der Waals surface area contributed by atoms with E-state index in [1.807, 2.05) is 24.3 Å². The lowest BCUT2D eigenvalue weighted by atomic mass is 9.75. The number of rotatable bonds is 4. The summed E-state index contributed by atoms with van der Waals surface area (Å²) in [4.78, 5) is 12.4. The van der Waals surface area contributed by atoms with Crippen molar-refractivity contribution in [2.45, 2.75) is 52.0 Å². The maximum atomic E-state index is 12.4. The molecule has 1 aromatic carbocycles. The number of amides is 1. The molecule has 3 N–H and O–H groups in total. The zero-order valence-corrected chi connectivity index (χ0v) is 12.6. The molecule has 3 nitrogen and oxygen atoms in total. The molecule has 0 atom stereocenters. The average molecular weight is 274 g/mol. The van der Waals surface area contributed by atoms with E-state index in [1.54, 1.807) is 0 Å². The third-order valence-corrected chi connectivity index (χ3v) is 4.35. The lowest BCUT2D eigenvalue weighted by molar-refractivity contribution is 0.0908. The number of nitrogens with one attached hydrogen (secondary N) is 1. The Morgan fingerprint density at radius 2 is 1.95 bits per heavy atom. The minimum absolute atomic E-state index is 0.0544. The number of benzene rings is 1. The molecule has 0 aromatic heterocycles. The van der Waals surface area contributed by atoms with E-state index in [1.165, 1.54) is 12.8 Å². The summed E-state index contributed by atoms with van der Waals surface area (Å²) < 4.78 is 0. The molecule has 0 spiro atoms. The fraction of sp³-hybridized carbons (Fsp3) is 0.588. The Morgan fingerprint density at radius 3 is 2.60 bits per heavy atom. The van der Waals surface area contributed by atoms with E-state index in [4.69, 9.17) is 5.73 Å². The Morgan fingerprint density at radius 1 is 1.30 bits per heavy atom. The van der Waals surface area contributed by atoms with Crippen molar-refractivity contribution in [3.05, 3.63) is 35.4 Å². The summed E-state index contributed by atoms with van der Waals surface area (Å²) in [5, 5.41) is 3.19. The van der Waals surface area contributed by atoms with Gasteiger partial charge in [0.05, 0.1) is 0 Å². The van der Waals surface area contributed by atoms with E-state index in [2.05, 4.69) is 19.2 Å². The quantitative estimate of drug-likeness (QED) is 0.887. The largest absolute Gasteiger partial charge is 0.349 e. The Balaban J connectivity index is 1.99. The molecule has 1 saturated carbocycles. The summed E-state index contributed by atoms with van der Waals surface area (Å²) >= 11 is 0. The number of nitrogens with two attached hydrogens (primary N) is 1. The Kier molecular flexibility index (Phi) is 4.81. The Labute approximate surface area is 121 Å². The molecule has 0 heterocycles. The standard InChI is InChI=1S/C17H26N2O/c1-17(2)10-7-14(8-11-17)19-16(20)15-6-4-3-5-13(15)9-12-18/h3-6,14H,7-12,18H2,1-2H3,(H,19,20). The zero-order chi connectivity index (χ0) is 14.6. The summed E-state index contributed by atoms with van der Waals surface area (Å²) in [6.07, 6.45) is 5.28. The molecule has 110 valence electrons. The predicted molar refractivity (Wildman–Crippen MR) is 82.7 cm³/mol. The Bertz CT molecular complexity index is 458. The van der Waals surface area contributed by atoms with Crippen molar-refractivity contribution in [3.8, 4) is 0 Å². The van der Waals surface area contributed by atoms with E-state index in [0.717, 1.165) is 30.4 Å². The van der Waals surface area contributed by atoms with Crippen molar-refractivity contribution >= 4 is 5.91 Å². The predicted octanol–water partition coefficient (Wildman–Crippen LogP) is 2.89. The van der Waals surface area contributed by atoms with Gasteiger partial charge in [-0.15, -0.1) is 0 Å². The minimum Gasteiger partial charge on any atom is -0.349 e. The summed E-state index contributed by atoms with van der Waals surface area (Å²) in [6, 6.07) is 8.09. The van der Waals surface area contributed by atoms with Gasteiger partial charge in [0.2, 0.25) is 0 Å². The monoisotopic (exact) mass is 274 g/mol. The second-order valence-corrected chi connectivity index (χ2v) is 6.61. The summed E-state index contributed by atoms with van der Waals surface area (Å²) in [5.41, 5.74) is 7.87. The van der Waals surface area contributed by atoms with Gasteiger partial charge in [0.15, 0.2) is 0 Å². The molecule has 0 unspecified atom stereocenters. The molecular formula is C17H26N2O. The van der Waals surface area contributed by atoms with Crippen LogP contribution in [0.25, 0.3) is 0 Å². The fourth-order valence-electron chi connectivity index (χ4n) is 2.92. The number of hydrogen-bond acceptors (Lipinski definition) is 2. The van der Waals surface area contributed by atoms with Crippen LogP contribution in [0.3, 0.4) is 0 Å². The number of hydrogen-bond donors (Lipinski definition) is 2. The molecule has 0 radical (unpaired) electrons. The highest BCUT2D eigenvalue weighted by molar-refractivity contribution is 5.95. The van der Waals surface area contributed by atoms with Crippen LogP contribution in [0.4, 0.5) is 0 Å². The molecule has 0 aliphatic heterocycles. The molecule has 1 aromatic rings. The van der Waals surface area contributed by atoms with Crippen molar-refractivity contribution < 1.29 is 4.79 Å². The lowest BCUT2D eigenvalue weighted by Crippen LogP contribution is -2.39. The molecule has 1 fully saturated rings. The van der Waals surface area contributed by atoms with Crippen LogP contribution >= 0.6 is 0 Å². The Hall–Kier alpha value is -1.35. The fourth-order valence-corrected chi connectivity index (χ4v) is 2.92. The first-order valence-corrected chi connectivity index (χ1v) is 7.61. The van der Waals surface area contributed by atoms with Gasteiger partial charge in [0.25, 0.3) is 5.91 Å². The van der Waals surface area contributed by atoms with Crippen molar-refractivity contribution in [1.82, 2.24) is 5.32 Å². The second-order valence-electron chi connectivity index (χ2n) is 6.61. The van der Waals surface area contributed by atoms with Crippen LogP contribution in [-0.2, 0) is 6.42 Å². The highest BCUT2D eigenvalue weighted by atomic mass is 16.1. The summed E-state index contributed by atoms with van der Waals surface area (Å²) in [5.74, 6) is 0.0544. The van der Waals surface area contributed by atoms with Crippen molar-refractivity contribution in [2.75, 3.05) is 6.54 Å². The van der Waals surface area contributed by atoms with Gasteiger partial charge in [-0.25, -0.2) is 0 Å². The third kappa shape index (κ3) is 3.83. The van der Waals surface area contributed by atoms with Crippen molar-refractivity contribution in [1.29, 1.82) is 0 Å². The first kappa shape index (κ1) is 15.0. The summed E-state index contributed by atoms with van der Waals surface area (Å²) in [7, 11) is 0. The maximum absolute atomic E-state index is 12.4. The average Bonchev–Trinajstić information content (AvgIpc) is 2.42. The molecule has 1 aliphatic rings. The van der Waals surface area contributed by atoms with Crippen LogP contribution in [0.5, 0.6) is 0 Å². The van der Waals surface area contributed by atoms with Gasteiger partial charge in [0, 0.05) is 11.6 Å². The topological polar surface area (TPSA) is 55.1 Å². The van der Waals surface area contributed by atoms with Crippen LogP contribution in [0.2, 0.25) is 0 Å². The van der Waals surface area contributed by atoms with E-state index in [0.29, 0.717) is 18.0 Å². The van der Waals surface area contributed by atoms with Crippen molar-refractivity contribution in [2.24, 2.45) is 11.1 Å². The van der Waals surface area contributed by atoms with Gasteiger partial charge in [-0.3, -0.25) is 4.79 Å². The second kappa shape index (κ2) is 6.40. The highest BCUT2D eigenvalue weighted by Gasteiger charge is 2.27. The lowest BCUT2D eigenvalue weighted by Gasteiger charge is -2.34. The zero-order valence-electron chi connectivity index (χ0n) is 12.6. The summed E-state index contributed by atoms with van der Waals surface area (Å²) in [6.45, 7) is 5.19. The number of carbonyl (C=O) groups is 1. The van der Waals surface area contributed by atoms with E-state index in [-0.39, 0.29) is 5.91 Å². The van der Waals surface area contributed by atoms with Crippen LogP contribution in [0, 0.1) is 5.41 Å². The maximum Gasteiger partial charge on any atom is 0.251 e. The molecule has 3 heteroatoms. The molecule has 0 saturated heterocycles. The first-order chi connectivity index (χ1) is 9.52. The molecule has 0 bridgehead atoms.